The van der Waals surface area contributed by atoms with Gasteiger partial charge in [-0.05, 0) is 31.5 Å². The Hall–Kier alpha value is -1.09. The highest BCUT2D eigenvalue weighted by molar-refractivity contribution is 6.36. The average Bonchev–Trinajstić information content (AvgIpc) is 2.44. The summed E-state index contributed by atoms with van der Waals surface area (Å²) in [7, 11) is 0. The molecule has 2 aromatic carbocycles. The van der Waals surface area contributed by atoms with Crippen molar-refractivity contribution in [1.29, 1.82) is 0 Å². The largest absolute Gasteiger partial charge is 0.304 e. The number of hydrogen-bond donors (Lipinski definition) is 1. The Morgan fingerprint density at radius 1 is 0.950 bits per heavy atom. The quantitative estimate of drug-likeness (QED) is 0.730. The first-order valence-corrected chi connectivity index (χ1v) is 7.20. The van der Waals surface area contributed by atoms with Crippen LogP contribution in [0.5, 0.6) is 0 Å². The molecule has 0 aliphatic heterocycles. The molecule has 0 saturated carbocycles. The smallest absolute Gasteiger partial charge is 0.142 e. The molecule has 0 heterocycles. The van der Waals surface area contributed by atoms with Gasteiger partial charge in [0.05, 0.1) is 5.02 Å². The predicted octanol–water partition coefficient (Wildman–Crippen LogP) is 5.54. The Labute approximate surface area is 128 Å². The van der Waals surface area contributed by atoms with Crippen LogP contribution in [-0.2, 0) is 0 Å². The lowest BCUT2D eigenvalue weighted by molar-refractivity contribution is 0.492. The van der Waals surface area contributed by atoms with Gasteiger partial charge in [0.25, 0.3) is 0 Å². The summed E-state index contributed by atoms with van der Waals surface area (Å²) in [6, 6.07) is 12.8. The Balaban J connectivity index is 2.21. The molecule has 0 amide bonds. The molecular formula is C16H16Cl2FN. The first-order chi connectivity index (χ1) is 9.50. The van der Waals surface area contributed by atoms with Crippen LogP contribution >= 0.6 is 23.2 Å². The van der Waals surface area contributed by atoms with E-state index in [1.54, 1.807) is 0 Å². The van der Waals surface area contributed by atoms with Crippen molar-refractivity contribution in [2.75, 3.05) is 0 Å². The van der Waals surface area contributed by atoms with Crippen molar-refractivity contribution in [3.63, 3.8) is 0 Å². The third-order valence-corrected chi connectivity index (χ3v) is 4.03. The maximum atomic E-state index is 13.6. The minimum absolute atomic E-state index is 0.0813. The summed E-state index contributed by atoms with van der Waals surface area (Å²) in [4.78, 5) is 0. The summed E-state index contributed by atoms with van der Waals surface area (Å²) in [5.74, 6) is -0.452. The Morgan fingerprint density at radius 3 is 2.25 bits per heavy atom. The summed E-state index contributed by atoms with van der Waals surface area (Å²) in [6.45, 7) is 3.97. The minimum atomic E-state index is -0.452. The van der Waals surface area contributed by atoms with Crippen LogP contribution in [0.1, 0.15) is 37.1 Å². The van der Waals surface area contributed by atoms with Gasteiger partial charge < -0.3 is 5.32 Å². The number of halogens is 3. The zero-order chi connectivity index (χ0) is 14.7. The molecule has 0 aliphatic carbocycles. The molecule has 2 rings (SSSR count). The lowest BCUT2D eigenvalue weighted by atomic mass is 10.0. The molecule has 1 nitrogen and oxygen atoms in total. The molecule has 106 valence electrons. The lowest BCUT2D eigenvalue weighted by Gasteiger charge is -2.22. The molecule has 0 spiro atoms. The number of hydrogen-bond acceptors (Lipinski definition) is 1. The molecule has 0 saturated heterocycles. The molecule has 2 atom stereocenters. The van der Waals surface area contributed by atoms with Crippen LogP contribution in [0.3, 0.4) is 0 Å². The molecule has 4 heteroatoms. The Kier molecular flexibility index (Phi) is 5.03. The van der Waals surface area contributed by atoms with Crippen molar-refractivity contribution in [3.05, 3.63) is 69.5 Å². The fourth-order valence-corrected chi connectivity index (χ4v) is 2.93. The van der Waals surface area contributed by atoms with E-state index in [1.807, 2.05) is 44.2 Å². The minimum Gasteiger partial charge on any atom is -0.304 e. The molecule has 2 aromatic rings. The summed E-state index contributed by atoms with van der Waals surface area (Å²) in [5, 5.41) is 3.94. The number of rotatable bonds is 4. The van der Waals surface area contributed by atoms with Gasteiger partial charge >= 0.3 is 0 Å². The molecule has 0 bridgehead atoms. The maximum absolute atomic E-state index is 13.6. The molecule has 1 N–H and O–H groups in total. The van der Waals surface area contributed by atoms with Crippen LogP contribution in [0.15, 0.2) is 42.5 Å². The van der Waals surface area contributed by atoms with Gasteiger partial charge in [0.15, 0.2) is 0 Å². The summed E-state index contributed by atoms with van der Waals surface area (Å²) >= 11 is 12.2. The highest BCUT2D eigenvalue weighted by atomic mass is 35.5. The first kappa shape index (κ1) is 15.3. The van der Waals surface area contributed by atoms with Crippen LogP contribution in [0.2, 0.25) is 10.0 Å². The molecule has 0 aliphatic rings. The number of benzene rings is 2. The lowest BCUT2D eigenvalue weighted by Crippen LogP contribution is -2.23. The van der Waals surface area contributed by atoms with E-state index in [1.165, 1.54) is 12.1 Å². The third-order valence-electron chi connectivity index (χ3n) is 3.31. The molecular weight excluding hydrogens is 296 g/mol. The summed E-state index contributed by atoms with van der Waals surface area (Å²) in [5.41, 5.74) is 1.75. The molecule has 0 fully saturated rings. The fraction of sp³-hybridized carbons (Fsp3) is 0.250. The van der Waals surface area contributed by atoms with E-state index in [0.29, 0.717) is 10.6 Å². The van der Waals surface area contributed by atoms with E-state index in [-0.39, 0.29) is 17.1 Å². The van der Waals surface area contributed by atoms with Gasteiger partial charge in [-0.3, -0.25) is 0 Å². The van der Waals surface area contributed by atoms with Crippen molar-refractivity contribution < 1.29 is 4.39 Å². The normalized spacial score (nSPS) is 14.1. The molecule has 0 radical (unpaired) electrons. The summed E-state index contributed by atoms with van der Waals surface area (Å²) in [6.07, 6.45) is 0. The van der Waals surface area contributed by atoms with Gasteiger partial charge in [0, 0.05) is 22.7 Å². The van der Waals surface area contributed by atoms with Crippen molar-refractivity contribution in [3.8, 4) is 0 Å². The van der Waals surface area contributed by atoms with E-state index < -0.39 is 5.82 Å². The summed E-state index contributed by atoms with van der Waals surface area (Å²) < 4.78 is 13.6. The van der Waals surface area contributed by atoms with Crippen LogP contribution in [-0.4, -0.2) is 0 Å². The second-order valence-electron chi connectivity index (χ2n) is 4.78. The van der Waals surface area contributed by atoms with Crippen molar-refractivity contribution >= 4 is 23.2 Å². The van der Waals surface area contributed by atoms with Gasteiger partial charge in [0.1, 0.15) is 5.82 Å². The van der Waals surface area contributed by atoms with Gasteiger partial charge in [-0.15, -0.1) is 0 Å². The standard InChI is InChI=1S/C16H16Cl2FN/c1-10(12-6-4-3-5-7-12)20-11(2)15-13(17)8-9-14(19)16(15)18/h3-11,20H,1-2H3/t10-,11?/m0/s1. The van der Waals surface area contributed by atoms with E-state index in [2.05, 4.69) is 5.32 Å². The molecule has 20 heavy (non-hydrogen) atoms. The Morgan fingerprint density at radius 2 is 1.60 bits per heavy atom. The zero-order valence-electron chi connectivity index (χ0n) is 11.3. The van der Waals surface area contributed by atoms with Gasteiger partial charge in [-0.1, -0.05) is 53.5 Å². The van der Waals surface area contributed by atoms with Crippen LogP contribution in [0, 0.1) is 5.82 Å². The monoisotopic (exact) mass is 311 g/mol. The molecule has 0 aromatic heterocycles. The maximum Gasteiger partial charge on any atom is 0.142 e. The van der Waals surface area contributed by atoms with Crippen LogP contribution < -0.4 is 5.32 Å². The fourth-order valence-electron chi connectivity index (χ4n) is 2.24. The van der Waals surface area contributed by atoms with Gasteiger partial charge in [-0.25, -0.2) is 4.39 Å². The Bertz CT molecular complexity index is 587. The van der Waals surface area contributed by atoms with E-state index in [0.717, 1.165) is 5.56 Å². The highest BCUT2D eigenvalue weighted by Gasteiger charge is 2.18. The highest BCUT2D eigenvalue weighted by Crippen LogP contribution is 2.33. The first-order valence-electron chi connectivity index (χ1n) is 6.45. The van der Waals surface area contributed by atoms with Crippen LogP contribution in [0.25, 0.3) is 0 Å². The predicted molar refractivity (Wildman–Crippen MR) is 82.8 cm³/mol. The van der Waals surface area contributed by atoms with Gasteiger partial charge in [0.2, 0.25) is 0 Å². The van der Waals surface area contributed by atoms with Crippen molar-refractivity contribution in [2.24, 2.45) is 0 Å². The van der Waals surface area contributed by atoms with Gasteiger partial charge in [-0.2, -0.15) is 0 Å². The second kappa shape index (κ2) is 6.57. The third kappa shape index (κ3) is 3.32. The van der Waals surface area contributed by atoms with Crippen molar-refractivity contribution in [2.45, 2.75) is 25.9 Å². The van der Waals surface area contributed by atoms with Crippen LogP contribution in [0.4, 0.5) is 4.39 Å². The van der Waals surface area contributed by atoms with E-state index in [9.17, 15) is 4.39 Å². The number of nitrogens with one attached hydrogen (secondary N) is 1. The SMILES string of the molecule is CC(N[C@@H](C)c1ccccc1)c1c(Cl)ccc(F)c1Cl. The zero-order valence-corrected chi connectivity index (χ0v) is 12.8. The van der Waals surface area contributed by atoms with E-state index >= 15 is 0 Å². The molecule has 1 unspecified atom stereocenters. The van der Waals surface area contributed by atoms with Crippen molar-refractivity contribution in [1.82, 2.24) is 5.32 Å². The average molecular weight is 312 g/mol. The topological polar surface area (TPSA) is 12.0 Å². The van der Waals surface area contributed by atoms with E-state index in [4.69, 9.17) is 23.2 Å². The second-order valence-corrected chi connectivity index (χ2v) is 5.56.